The van der Waals surface area contributed by atoms with E-state index in [1.165, 1.54) is 0 Å². The van der Waals surface area contributed by atoms with E-state index in [-0.39, 0.29) is 18.6 Å². The lowest BCUT2D eigenvalue weighted by Gasteiger charge is -1.99. The third-order valence-corrected chi connectivity index (χ3v) is 1.52. The van der Waals surface area contributed by atoms with Gasteiger partial charge in [-0.25, -0.2) is 4.39 Å². The average Bonchev–Trinajstić information content (AvgIpc) is 2.10. The zero-order valence-corrected chi connectivity index (χ0v) is 4.93. The zero-order valence-electron chi connectivity index (χ0n) is 4.93. The topological polar surface area (TPSA) is 17.1 Å². The van der Waals surface area contributed by atoms with Gasteiger partial charge >= 0.3 is 0 Å². The lowest BCUT2D eigenvalue weighted by atomic mass is 10.1. The van der Waals surface area contributed by atoms with Crippen molar-refractivity contribution >= 4 is 5.78 Å². The molecule has 2 unspecified atom stereocenters. The molecule has 0 saturated heterocycles. The molecule has 1 aliphatic carbocycles. The smallest absolute Gasteiger partial charge is 0.137 e. The predicted molar refractivity (Wildman–Crippen MR) is 31.5 cm³/mol. The van der Waals surface area contributed by atoms with Crippen LogP contribution in [0.3, 0.4) is 0 Å². The van der Waals surface area contributed by atoms with Crippen LogP contribution >= 0.6 is 0 Å². The van der Waals surface area contributed by atoms with E-state index in [9.17, 15) is 9.18 Å². The summed E-state index contributed by atoms with van der Waals surface area (Å²) in [5.74, 6) is 1.75. The third kappa shape index (κ3) is 1.10. The monoisotopic (exact) mass is 126 g/mol. The summed E-state index contributed by atoms with van der Waals surface area (Å²) in [4.78, 5) is 10.5. The molecule has 0 aromatic carbocycles. The van der Waals surface area contributed by atoms with Crippen molar-refractivity contribution in [3.63, 3.8) is 0 Å². The molecule has 48 valence electrons. The Hall–Kier alpha value is -0.840. The summed E-state index contributed by atoms with van der Waals surface area (Å²) in [6.07, 6.45) is 4.12. The highest BCUT2D eigenvalue weighted by molar-refractivity contribution is 5.82. The van der Waals surface area contributed by atoms with Crippen LogP contribution in [0.2, 0.25) is 0 Å². The fourth-order valence-corrected chi connectivity index (χ4v) is 0.980. The van der Waals surface area contributed by atoms with Crippen molar-refractivity contribution in [3.8, 4) is 12.3 Å². The first-order valence-electron chi connectivity index (χ1n) is 2.86. The molecule has 2 atom stereocenters. The lowest BCUT2D eigenvalue weighted by molar-refractivity contribution is -0.117. The van der Waals surface area contributed by atoms with E-state index in [0.717, 1.165) is 0 Å². The maximum atomic E-state index is 12.5. The summed E-state index contributed by atoms with van der Waals surface area (Å²) in [6.45, 7) is 0. The molecule has 0 aromatic heterocycles. The van der Waals surface area contributed by atoms with E-state index in [0.29, 0.717) is 0 Å². The van der Waals surface area contributed by atoms with Gasteiger partial charge in [-0.1, -0.05) is 5.92 Å². The summed E-state index contributed by atoms with van der Waals surface area (Å²) in [6, 6.07) is 0. The molecular formula is C7H7FO. The highest BCUT2D eigenvalue weighted by Gasteiger charge is 2.31. The van der Waals surface area contributed by atoms with E-state index >= 15 is 0 Å². The number of ketones is 1. The van der Waals surface area contributed by atoms with Gasteiger partial charge in [-0.3, -0.25) is 4.79 Å². The fraction of sp³-hybridized carbons (Fsp3) is 0.571. The van der Waals surface area contributed by atoms with Gasteiger partial charge in [-0.05, 0) is 0 Å². The molecule has 1 saturated carbocycles. The van der Waals surface area contributed by atoms with Crippen LogP contribution < -0.4 is 0 Å². The molecule has 2 heteroatoms. The van der Waals surface area contributed by atoms with Gasteiger partial charge in [0, 0.05) is 12.8 Å². The van der Waals surface area contributed by atoms with Crippen LogP contribution in [0.1, 0.15) is 12.8 Å². The molecule has 0 N–H and O–H groups in total. The van der Waals surface area contributed by atoms with Gasteiger partial charge in [0.05, 0.1) is 5.92 Å². The minimum Gasteiger partial charge on any atom is -0.300 e. The van der Waals surface area contributed by atoms with Gasteiger partial charge in [0.25, 0.3) is 0 Å². The van der Waals surface area contributed by atoms with Crippen molar-refractivity contribution in [2.24, 2.45) is 5.92 Å². The summed E-state index contributed by atoms with van der Waals surface area (Å²) < 4.78 is 12.5. The number of terminal acetylenes is 1. The molecule has 1 fully saturated rings. The Balaban J connectivity index is 2.60. The fourth-order valence-electron chi connectivity index (χ4n) is 0.980. The van der Waals surface area contributed by atoms with Crippen molar-refractivity contribution in [3.05, 3.63) is 0 Å². The van der Waals surface area contributed by atoms with Gasteiger partial charge in [0.1, 0.15) is 12.0 Å². The standard InChI is InChI=1S/C7H7FO/c1-2-5-3-6(9)4-7(5)8/h1,5,7H,3-4H2. The first-order valence-corrected chi connectivity index (χ1v) is 2.86. The van der Waals surface area contributed by atoms with Gasteiger partial charge in [0.2, 0.25) is 0 Å². The Morgan fingerprint density at radius 1 is 1.67 bits per heavy atom. The first kappa shape index (κ1) is 6.28. The Kier molecular flexibility index (Phi) is 1.52. The van der Waals surface area contributed by atoms with Crippen LogP contribution in [-0.4, -0.2) is 12.0 Å². The molecule has 0 amide bonds. The van der Waals surface area contributed by atoms with Gasteiger partial charge in [-0.2, -0.15) is 0 Å². The highest BCUT2D eigenvalue weighted by Crippen LogP contribution is 2.24. The number of alkyl halides is 1. The van der Waals surface area contributed by atoms with Crippen LogP contribution in [0.4, 0.5) is 4.39 Å². The van der Waals surface area contributed by atoms with E-state index in [1.54, 1.807) is 0 Å². The molecule has 0 radical (unpaired) electrons. The van der Waals surface area contributed by atoms with E-state index in [1.807, 2.05) is 0 Å². The van der Waals surface area contributed by atoms with Crippen LogP contribution in [0, 0.1) is 18.3 Å². The van der Waals surface area contributed by atoms with Crippen LogP contribution in [0.5, 0.6) is 0 Å². The quantitative estimate of drug-likeness (QED) is 0.441. The van der Waals surface area contributed by atoms with Crippen LogP contribution in [0.15, 0.2) is 0 Å². The number of halogens is 1. The lowest BCUT2D eigenvalue weighted by Crippen LogP contribution is -2.03. The molecular weight excluding hydrogens is 119 g/mol. The van der Waals surface area contributed by atoms with Crippen molar-refractivity contribution in [1.29, 1.82) is 0 Å². The average molecular weight is 126 g/mol. The summed E-state index contributed by atoms with van der Waals surface area (Å²) in [5, 5.41) is 0. The SMILES string of the molecule is C#CC1CC(=O)CC1F. The Morgan fingerprint density at radius 2 is 2.33 bits per heavy atom. The van der Waals surface area contributed by atoms with E-state index in [4.69, 9.17) is 6.42 Å². The summed E-state index contributed by atoms with van der Waals surface area (Å²) in [7, 11) is 0. The number of rotatable bonds is 0. The second kappa shape index (κ2) is 2.18. The molecule has 9 heavy (non-hydrogen) atoms. The molecule has 0 bridgehead atoms. The second-order valence-electron chi connectivity index (χ2n) is 2.24. The number of hydrogen-bond acceptors (Lipinski definition) is 1. The van der Waals surface area contributed by atoms with Gasteiger partial charge in [-0.15, -0.1) is 6.42 Å². The van der Waals surface area contributed by atoms with Gasteiger partial charge in [0.15, 0.2) is 0 Å². The molecule has 1 rings (SSSR count). The van der Waals surface area contributed by atoms with Crippen molar-refractivity contribution in [1.82, 2.24) is 0 Å². The Labute approximate surface area is 53.2 Å². The molecule has 0 aromatic rings. The van der Waals surface area contributed by atoms with Gasteiger partial charge < -0.3 is 0 Å². The van der Waals surface area contributed by atoms with E-state index in [2.05, 4.69) is 5.92 Å². The number of hydrogen-bond donors (Lipinski definition) is 0. The second-order valence-corrected chi connectivity index (χ2v) is 2.24. The molecule has 1 nitrogen and oxygen atoms in total. The molecule has 0 spiro atoms. The van der Waals surface area contributed by atoms with Crippen molar-refractivity contribution < 1.29 is 9.18 Å². The minimum atomic E-state index is -1.08. The summed E-state index contributed by atoms with van der Waals surface area (Å²) in [5.41, 5.74) is 0. The largest absolute Gasteiger partial charge is 0.300 e. The van der Waals surface area contributed by atoms with E-state index < -0.39 is 12.1 Å². The van der Waals surface area contributed by atoms with Crippen molar-refractivity contribution in [2.45, 2.75) is 19.0 Å². The normalized spacial score (nSPS) is 34.4. The van der Waals surface area contributed by atoms with Crippen LogP contribution in [0.25, 0.3) is 0 Å². The maximum absolute atomic E-state index is 12.5. The van der Waals surface area contributed by atoms with Crippen molar-refractivity contribution in [2.75, 3.05) is 0 Å². The highest BCUT2D eigenvalue weighted by atomic mass is 19.1. The Morgan fingerprint density at radius 3 is 2.56 bits per heavy atom. The molecule has 0 aliphatic heterocycles. The summed E-state index contributed by atoms with van der Waals surface area (Å²) >= 11 is 0. The third-order valence-electron chi connectivity index (χ3n) is 1.52. The Bertz CT molecular complexity index is 168. The zero-order chi connectivity index (χ0) is 6.85. The number of Topliss-reactive ketones (excluding diaryl/α,β-unsaturated/α-hetero) is 1. The minimum absolute atomic E-state index is 0.0227. The molecule has 1 aliphatic rings. The molecule has 0 heterocycles. The number of carbonyl (C=O) groups is 1. The predicted octanol–water partition coefficient (Wildman–Crippen LogP) is 0.937. The maximum Gasteiger partial charge on any atom is 0.137 e. The van der Waals surface area contributed by atoms with Crippen LogP contribution in [-0.2, 0) is 4.79 Å². The number of carbonyl (C=O) groups excluding carboxylic acids is 1. The first-order chi connectivity index (χ1) is 4.24.